The van der Waals surface area contributed by atoms with Gasteiger partial charge in [-0.25, -0.2) is 9.59 Å². The Morgan fingerprint density at radius 2 is 1.61 bits per heavy atom. The van der Waals surface area contributed by atoms with Gasteiger partial charge in [-0.1, -0.05) is 24.3 Å². The van der Waals surface area contributed by atoms with Gasteiger partial charge in [0.1, 0.15) is 5.60 Å². The van der Waals surface area contributed by atoms with E-state index in [1.807, 2.05) is 0 Å². The van der Waals surface area contributed by atoms with Crippen LogP contribution in [0.25, 0.3) is 0 Å². The van der Waals surface area contributed by atoms with Crippen molar-refractivity contribution in [1.82, 2.24) is 5.32 Å². The smallest absolute Gasteiger partial charge is 0.408 e. The molecule has 0 aliphatic heterocycles. The second-order valence-corrected chi connectivity index (χ2v) is 5.86. The Morgan fingerprint density at radius 1 is 1.09 bits per heavy atom. The predicted molar refractivity (Wildman–Crippen MR) is 82.5 cm³/mol. The van der Waals surface area contributed by atoms with Gasteiger partial charge in [0.05, 0.1) is 7.11 Å². The molecular formula is C16H23NO6. The average molecular weight is 325 g/mol. The number of methoxy groups -OCH3 is 2. The van der Waals surface area contributed by atoms with Crippen molar-refractivity contribution in [2.45, 2.75) is 38.7 Å². The van der Waals surface area contributed by atoms with Crippen LogP contribution in [0.1, 0.15) is 44.2 Å². The van der Waals surface area contributed by atoms with Crippen molar-refractivity contribution in [2.24, 2.45) is 0 Å². The van der Waals surface area contributed by atoms with Crippen LogP contribution < -0.4 is 5.32 Å². The van der Waals surface area contributed by atoms with Crippen molar-refractivity contribution in [3.63, 3.8) is 0 Å². The number of rotatable bonds is 5. The monoisotopic (exact) mass is 325 g/mol. The molecule has 1 rings (SSSR count). The van der Waals surface area contributed by atoms with E-state index < -0.39 is 30.0 Å². The van der Waals surface area contributed by atoms with Gasteiger partial charge in [0.15, 0.2) is 12.3 Å². The Balaban J connectivity index is 2.94. The molecule has 7 heteroatoms. The van der Waals surface area contributed by atoms with Crippen LogP contribution in [0.2, 0.25) is 0 Å². The van der Waals surface area contributed by atoms with Gasteiger partial charge in [-0.15, -0.1) is 0 Å². The zero-order chi connectivity index (χ0) is 17.6. The molecule has 2 unspecified atom stereocenters. The molecule has 1 aromatic rings. The summed E-state index contributed by atoms with van der Waals surface area (Å²) in [5, 5.41) is 12.1. The molecule has 128 valence electrons. The van der Waals surface area contributed by atoms with Crippen molar-refractivity contribution in [2.75, 3.05) is 14.2 Å². The van der Waals surface area contributed by atoms with Crippen molar-refractivity contribution in [1.29, 1.82) is 0 Å². The van der Waals surface area contributed by atoms with E-state index in [4.69, 9.17) is 14.2 Å². The normalized spacial score (nSPS) is 13.8. The largest absolute Gasteiger partial charge is 0.467 e. The van der Waals surface area contributed by atoms with E-state index in [1.165, 1.54) is 14.2 Å². The molecule has 0 saturated carbocycles. The van der Waals surface area contributed by atoms with Crippen LogP contribution in [0.3, 0.4) is 0 Å². The van der Waals surface area contributed by atoms with Gasteiger partial charge in [-0.2, -0.15) is 0 Å². The van der Waals surface area contributed by atoms with Gasteiger partial charge in [-0.3, -0.25) is 0 Å². The number of carbonyl (C=O) groups excluding carboxylic acids is 2. The van der Waals surface area contributed by atoms with Gasteiger partial charge in [-0.05, 0) is 26.3 Å². The number of amides is 1. The first-order valence-electron chi connectivity index (χ1n) is 7.06. The molecule has 0 saturated heterocycles. The number of hydrogen-bond acceptors (Lipinski definition) is 6. The van der Waals surface area contributed by atoms with Crippen LogP contribution in [0.15, 0.2) is 24.3 Å². The molecular weight excluding hydrogens is 302 g/mol. The zero-order valence-corrected chi connectivity index (χ0v) is 14.0. The number of hydrogen-bond donors (Lipinski definition) is 2. The molecule has 0 fully saturated rings. The number of aliphatic hydroxyl groups is 1. The van der Waals surface area contributed by atoms with Crippen LogP contribution in [0.5, 0.6) is 0 Å². The third kappa shape index (κ3) is 5.88. The van der Waals surface area contributed by atoms with Gasteiger partial charge < -0.3 is 24.6 Å². The first-order valence-corrected chi connectivity index (χ1v) is 7.06. The number of aliphatic hydroxyl groups excluding tert-OH is 1. The third-order valence-electron chi connectivity index (χ3n) is 2.88. The highest BCUT2D eigenvalue weighted by molar-refractivity contribution is 5.82. The van der Waals surface area contributed by atoms with Gasteiger partial charge in [0.25, 0.3) is 0 Å². The van der Waals surface area contributed by atoms with E-state index in [0.29, 0.717) is 11.1 Å². The van der Waals surface area contributed by atoms with Crippen LogP contribution in [-0.4, -0.2) is 37.0 Å². The summed E-state index contributed by atoms with van der Waals surface area (Å²) in [6.45, 7) is 5.17. The molecule has 23 heavy (non-hydrogen) atoms. The molecule has 7 nitrogen and oxygen atoms in total. The Bertz CT molecular complexity index is 534. The molecule has 0 aromatic heterocycles. The van der Waals surface area contributed by atoms with Crippen LogP contribution in [-0.2, 0) is 19.0 Å². The number of ether oxygens (including phenoxy) is 3. The molecule has 0 heterocycles. The zero-order valence-electron chi connectivity index (χ0n) is 14.0. The van der Waals surface area contributed by atoms with Crippen molar-refractivity contribution < 1.29 is 28.9 Å². The first kappa shape index (κ1) is 18.9. The topological polar surface area (TPSA) is 94.1 Å². The number of alkyl carbamates (subject to hydrolysis) is 1. The lowest BCUT2D eigenvalue weighted by molar-refractivity contribution is -0.143. The van der Waals surface area contributed by atoms with E-state index in [1.54, 1.807) is 45.0 Å². The van der Waals surface area contributed by atoms with E-state index >= 15 is 0 Å². The lowest BCUT2D eigenvalue weighted by atomic mass is 10.0. The van der Waals surface area contributed by atoms with Gasteiger partial charge >= 0.3 is 12.1 Å². The fourth-order valence-electron chi connectivity index (χ4n) is 1.81. The fraction of sp³-hybridized carbons (Fsp3) is 0.500. The van der Waals surface area contributed by atoms with Crippen LogP contribution in [0.4, 0.5) is 4.79 Å². The van der Waals surface area contributed by atoms with Gasteiger partial charge in [0.2, 0.25) is 0 Å². The van der Waals surface area contributed by atoms with Gasteiger partial charge in [0, 0.05) is 12.7 Å². The molecule has 0 spiro atoms. The summed E-state index contributed by atoms with van der Waals surface area (Å²) in [6.07, 6.45) is -1.78. The maximum atomic E-state index is 11.9. The molecule has 2 N–H and O–H groups in total. The molecule has 2 atom stereocenters. The summed E-state index contributed by atoms with van der Waals surface area (Å²) in [7, 11) is 2.61. The predicted octanol–water partition coefficient (Wildman–Crippen LogP) is 2.06. The fourth-order valence-corrected chi connectivity index (χ4v) is 1.81. The second kappa shape index (κ2) is 7.94. The van der Waals surface area contributed by atoms with Crippen LogP contribution >= 0.6 is 0 Å². The minimum Gasteiger partial charge on any atom is -0.467 e. The summed E-state index contributed by atoms with van der Waals surface area (Å²) >= 11 is 0. The minimum absolute atomic E-state index is 0.495. The van der Waals surface area contributed by atoms with Crippen molar-refractivity contribution in [3.8, 4) is 0 Å². The lowest BCUT2D eigenvalue weighted by Crippen LogP contribution is -2.38. The number of nitrogens with one attached hydrogen (secondary N) is 1. The molecule has 1 aromatic carbocycles. The average Bonchev–Trinajstić information content (AvgIpc) is 2.49. The molecule has 0 bridgehead atoms. The number of esters is 1. The van der Waals surface area contributed by atoms with E-state index in [0.717, 1.165) is 0 Å². The van der Waals surface area contributed by atoms with Crippen molar-refractivity contribution >= 4 is 12.1 Å². The summed E-state index contributed by atoms with van der Waals surface area (Å²) in [4.78, 5) is 23.8. The summed E-state index contributed by atoms with van der Waals surface area (Å²) in [6, 6.07) is 5.36. The number of carbonyl (C=O) groups is 2. The highest BCUT2D eigenvalue weighted by Crippen LogP contribution is 2.20. The Morgan fingerprint density at radius 3 is 2.04 bits per heavy atom. The maximum Gasteiger partial charge on any atom is 0.408 e. The highest BCUT2D eigenvalue weighted by Gasteiger charge is 2.26. The molecule has 0 aliphatic rings. The Labute approximate surface area is 135 Å². The lowest BCUT2D eigenvalue weighted by Gasteiger charge is -2.23. The molecule has 1 amide bonds. The van der Waals surface area contributed by atoms with Crippen molar-refractivity contribution in [3.05, 3.63) is 35.4 Å². The quantitative estimate of drug-likeness (QED) is 0.636. The Kier molecular flexibility index (Phi) is 6.53. The summed E-state index contributed by atoms with van der Waals surface area (Å²) < 4.78 is 14.7. The molecule has 0 aliphatic carbocycles. The van der Waals surface area contributed by atoms with E-state index in [2.05, 4.69) is 5.32 Å². The SMILES string of the molecule is COC(=O)C(NC(=O)OC(C)(C)C)c1ccc(C(O)OC)cc1. The Hall–Kier alpha value is -2.12. The molecule has 0 radical (unpaired) electrons. The second-order valence-electron chi connectivity index (χ2n) is 5.86. The highest BCUT2D eigenvalue weighted by atomic mass is 16.6. The number of benzene rings is 1. The first-order chi connectivity index (χ1) is 10.7. The summed E-state index contributed by atoms with van der Waals surface area (Å²) in [5.41, 5.74) is 0.337. The third-order valence-corrected chi connectivity index (χ3v) is 2.88. The van der Waals surface area contributed by atoms with Crippen LogP contribution in [0, 0.1) is 0 Å². The summed E-state index contributed by atoms with van der Waals surface area (Å²) in [5.74, 6) is -0.629. The minimum atomic E-state index is -1.06. The maximum absolute atomic E-state index is 11.9. The standard InChI is InChI=1S/C16H23NO6/c1-16(2,3)23-15(20)17-12(14(19)22-5)10-6-8-11(9-7-10)13(18)21-4/h6-9,12-13,18H,1-5H3,(H,17,20). The van der Waals surface area contributed by atoms with E-state index in [-0.39, 0.29) is 0 Å². The van der Waals surface area contributed by atoms with E-state index in [9.17, 15) is 14.7 Å².